The van der Waals surface area contributed by atoms with Crippen molar-refractivity contribution in [1.82, 2.24) is 9.97 Å². The maximum atomic E-state index is 4.74. The molecule has 102 valence electrons. The van der Waals surface area contributed by atoms with E-state index in [0.29, 0.717) is 17.8 Å². The number of aromatic nitrogens is 2. The minimum Gasteiger partial charge on any atom is -0.372 e. The van der Waals surface area contributed by atoms with Gasteiger partial charge < -0.3 is 5.32 Å². The number of halogens is 1. The van der Waals surface area contributed by atoms with E-state index >= 15 is 0 Å². The quantitative estimate of drug-likeness (QED) is 0.866. The molecule has 1 aromatic heterocycles. The molecule has 18 heavy (non-hydrogen) atoms. The second-order valence-electron chi connectivity index (χ2n) is 5.56. The van der Waals surface area contributed by atoms with E-state index in [-0.39, 0.29) is 0 Å². The van der Waals surface area contributed by atoms with Crippen LogP contribution in [0.1, 0.15) is 64.4 Å². The highest BCUT2D eigenvalue weighted by atomic mass is 79.9. The third kappa shape index (κ3) is 3.67. The summed E-state index contributed by atoms with van der Waals surface area (Å²) >= 11 is 3.59. The van der Waals surface area contributed by atoms with Crippen LogP contribution in [0, 0.1) is 5.92 Å². The van der Waals surface area contributed by atoms with E-state index in [1.54, 1.807) is 0 Å². The number of nitrogens with one attached hydrogen (secondary N) is 1. The zero-order valence-corrected chi connectivity index (χ0v) is 13.8. The van der Waals surface area contributed by atoms with Gasteiger partial charge in [0, 0.05) is 13.0 Å². The predicted molar refractivity (Wildman–Crippen MR) is 81.2 cm³/mol. The number of hydrogen-bond donors (Lipinski definition) is 1. The summed E-state index contributed by atoms with van der Waals surface area (Å²) in [6, 6.07) is 0. The Labute approximate surface area is 119 Å². The van der Waals surface area contributed by atoms with Crippen molar-refractivity contribution in [2.75, 3.05) is 12.4 Å². The maximum absolute atomic E-state index is 4.74. The number of hydrogen-bond acceptors (Lipinski definition) is 3. The molecule has 0 amide bonds. The minimum atomic E-state index is 0.388. The smallest absolute Gasteiger partial charge is 0.144 e. The summed E-state index contributed by atoms with van der Waals surface area (Å²) in [6.07, 6.45) is 1.11. The molecule has 0 fully saturated rings. The summed E-state index contributed by atoms with van der Waals surface area (Å²) in [6.45, 7) is 11.0. The molecule has 4 heteroatoms. The molecule has 1 N–H and O–H groups in total. The van der Waals surface area contributed by atoms with E-state index in [4.69, 9.17) is 4.98 Å². The summed E-state index contributed by atoms with van der Waals surface area (Å²) in [5, 5.41) is 3.14. The molecule has 0 aliphatic carbocycles. The summed E-state index contributed by atoms with van der Waals surface area (Å²) < 4.78 is 0.987. The van der Waals surface area contributed by atoms with Crippen LogP contribution in [0.5, 0.6) is 0 Å². The van der Waals surface area contributed by atoms with Gasteiger partial charge in [-0.1, -0.05) is 34.6 Å². The van der Waals surface area contributed by atoms with Crippen LogP contribution in [0.3, 0.4) is 0 Å². The Morgan fingerprint density at radius 1 is 1.11 bits per heavy atom. The van der Waals surface area contributed by atoms with Gasteiger partial charge in [0.15, 0.2) is 0 Å². The zero-order valence-electron chi connectivity index (χ0n) is 12.2. The van der Waals surface area contributed by atoms with Crippen molar-refractivity contribution < 1.29 is 0 Å². The van der Waals surface area contributed by atoms with Crippen molar-refractivity contribution in [3.05, 3.63) is 16.0 Å². The topological polar surface area (TPSA) is 37.8 Å². The molecule has 0 aromatic carbocycles. The van der Waals surface area contributed by atoms with Crippen molar-refractivity contribution in [1.29, 1.82) is 0 Å². The van der Waals surface area contributed by atoms with E-state index in [2.05, 4.69) is 60.8 Å². The van der Waals surface area contributed by atoms with Gasteiger partial charge in [-0.2, -0.15) is 0 Å². The van der Waals surface area contributed by atoms with Crippen molar-refractivity contribution in [3.8, 4) is 0 Å². The predicted octanol–water partition coefficient (Wildman–Crippen LogP) is 4.55. The Balaban J connectivity index is 3.17. The van der Waals surface area contributed by atoms with Crippen LogP contribution in [0.2, 0.25) is 0 Å². The summed E-state index contributed by atoms with van der Waals surface area (Å²) in [5.74, 6) is 3.27. The van der Waals surface area contributed by atoms with E-state index in [1.165, 1.54) is 0 Å². The molecule has 3 nitrogen and oxygen atoms in total. The fourth-order valence-corrected chi connectivity index (χ4v) is 2.90. The second-order valence-corrected chi connectivity index (χ2v) is 6.36. The monoisotopic (exact) mass is 313 g/mol. The molecule has 0 spiro atoms. The first-order chi connectivity index (χ1) is 8.36. The maximum Gasteiger partial charge on any atom is 0.144 e. The van der Waals surface area contributed by atoms with Crippen LogP contribution in [-0.2, 0) is 0 Å². The van der Waals surface area contributed by atoms with Gasteiger partial charge in [-0.15, -0.1) is 0 Å². The summed E-state index contributed by atoms with van der Waals surface area (Å²) in [5.41, 5.74) is 1.08. The molecule has 0 radical (unpaired) electrons. The van der Waals surface area contributed by atoms with Gasteiger partial charge >= 0.3 is 0 Å². The molecule has 1 rings (SSSR count). The first-order valence-electron chi connectivity index (χ1n) is 6.61. The van der Waals surface area contributed by atoms with Gasteiger partial charge in [0.1, 0.15) is 11.6 Å². The van der Waals surface area contributed by atoms with E-state index < -0.39 is 0 Å². The van der Waals surface area contributed by atoms with Crippen LogP contribution in [0.4, 0.5) is 5.82 Å². The van der Waals surface area contributed by atoms with Crippen LogP contribution in [0.15, 0.2) is 4.47 Å². The number of nitrogens with zero attached hydrogens (tertiary/aromatic N) is 2. The molecular weight excluding hydrogens is 290 g/mol. The highest BCUT2D eigenvalue weighted by Crippen LogP contribution is 2.31. The minimum absolute atomic E-state index is 0.388. The molecule has 0 aliphatic heterocycles. The highest BCUT2D eigenvalue weighted by Gasteiger charge is 2.18. The average molecular weight is 314 g/mol. The van der Waals surface area contributed by atoms with E-state index in [0.717, 1.165) is 28.2 Å². The van der Waals surface area contributed by atoms with Crippen molar-refractivity contribution in [2.24, 2.45) is 5.92 Å². The average Bonchev–Trinajstić information content (AvgIpc) is 2.27. The third-order valence-corrected chi connectivity index (χ3v) is 3.73. The first-order valence-corrected chi connectivity index (χ1v) is 7.41. The zero-order chi connectivity index (χ0) is 13.9. The standard InChI is InChI=1S/C14H24BrN3/c1-8(2)7-10(5)13-17-12(9(3)4)11(15)14(16-6)18-13/h8-10H,7H2,1-6H3,(H,16,17,18). The normalized spacial score (nSPS) is 13.2. The van der Waals surface area contributed by atoms with Crippen molar-refractivity contribution in [2.45, 2.75) is 52.9 Å². The lowest BCUT2D eigenvalue weighted by atomic mass is 9.98. The first kappa shape index (κ1) is 15.4. The van der Waals surface area contributed by atoms with Crippen LogP contribution in [0.25, 0.3) is 0 Å². The molecule has 1 atom stereocenters. The van der Waals surface area contributed by atoms with Gasteiger partial charge in [0.2, 0.25) is 0 Å². The Bertz CT molecular complexity index is 402. The lowest BCUT2D eigenvalue weighted by Gasteiger charge is -2.18. The molecule has 0 aliphatic rings. The second kappa shape index (κ2) is 6.50. The van der Waals surface area contributed by atoms with Gasteiger partial charge in [-0.3, -0.25) is 0 Å². The van der Waals surface area contributed by atoms with Gasteiger partial charge in [0.25, 0.3) is 0 Å². The van der Waals surface area contributed by atoms with Crippen LogP contribution < -0.4 is 5.32 Å². The van der Waals surface area contributed by atoms with Gasteiger partial charge in [-0.25, -0.2) is 9.97 Å². The lowest BCUT2D eigenvalue weighted by Crippen LogP contribution is -2.10. The van der Waals surface area contributed by atoms with Crippen molar-refractivity contribution in [3.63, 3.8) is 0 Å². The van der Waals surface area contributed by atoms with Crippen LogP contribution in [-0.4, -0.2) is 17.0 Å². The molecule has 1 aromatic rings. The van der Waals surface area contributed by atoms with Gasteiger partial charge in [0.05, 0.1) is 10.2 Å². The summed E-state index contributed by atoms with van der Waals surface area (Å²) in [7, 11) is 1.90. The Morgan fingerprint density at radius 2 is 1.72 bits per heavy atom. The molecular formula is C14H24BrN3. The number of rotatable bonds is 5. The summed E-state index contributed by atoms with van der Waals surface area (Å²) in [4.78, 5) is 9.35. The van der Waals surface area contributed by atoms with Crippen molar-refractivity contribution >= 4 is 21.7 Å². The lowest BCUT2D eigenvalue weighted by molar-refractivity contribution is 0.505. The molecule has 0 bridgehead atoms. The Hall–Kier alpha value is -0.640. The Kier molecular flexibility index (Phi) is 5.57. The molecule has 1 unspecified atom stereocenters. The fraction of sp³-hybridized carbons (Fsp3) is 0.714. The van der Waals surface area contributed by atoms with E-state index in [9.17, 15) is 0 Å². The number of anilines is 1. The third-order valence-electron chi connectivity index (χ3n) is 2.94. The molecule has 1 heterocycles. The largest absolute Gasteiger partial charge is 0.372 e. The highest BCUT2D eigenvalue weighted by molar-refractivity contribution is 9.10. The fourth-order valence-electron chi connectivity index (χ4n) is 2.06. The van der Waals surface area contributed by atoms with Crippen LogP contribution >= 0.6 is 15.9 Å². The van der Waals surface area contributed by atoms with Gasteiger partial charge in [-0.05, 0) is 34.2 Å². The molecule has 0 saturated carbocycles. The van der Waals surface area contributed by atoms with E-state index in [1.807, 2.05) is 7.05 Å². The molecule has 0 saturated heterocycles. The SMILES string of the molecule is CNc1nc(C(C)CC(C)C)nc(C(C)C)c1Br. The Morgan fingerprint density at radius 3 is 2.17 bits per heavy atom.